The highest BCUT2D eigenvalue weighted by atomic mass is 15.1. The Bertz CT molecular complexity index is 2000. The molecule has 4 heteroatoms. The van der Waals surface area contributed by atoms with E-state index in [1.807, 2.05) is 13.3 Å². The Hall–Kier alpha value is -5.45. The van der Waals surface area contributed by atoms with Crippen molar-refractivity contribution in [3.63, 3.8) is 0 Å². The number of anilines is 3. The quantitative estimate of drug-likeness (QED) is 0.171. The van der Waals surface area contributed by atoms with Crippen molar-refractivity contribution in [1.82, 2.24) is 9.88 Å². The predicted molar refractivity (Wildman–Crippen MR) is 191 cm³/mol. The average molecular weight is 585 g/mol. The maximum absolute atomic E-state index is 4.66. The van der Waals surface area contributed by atoms with E-state index in [4.69, 9.17) is 0 Å². The first-order valence-electron chi connectivity index (χ1n) is 15.6. The molecule has 1 atom stereocenters. The van der Waals surface area contributed by atoms with Gasteiger partial charge in [-0.2, -0.15) is 0 Å². The number of hydrogen-bond acceptors (Lipinski definition) is 3. The van der Waals surface area contributed by atoms with Crippen molar-refractivity contribution >= 4 is 45.1 Å². The van der Waals surface area contributed by atoms with Crippen molar-refractivity contribution in [1.29, 1.82) is 0 Å². The Morgan fingerprint density at radius 1 is 0.600 bits per heavy atom. The van der Waals surface area contributed by atoms with Gasteiger partial charge >= 0.3 is 0 Å². The maximum atomic E-state index is 4.66. The summed E-state index contributed by atoms with van der Waals surface area (Å²) in [4.78, 5) is 6.95. The molecule has 0 saturated carbocycles. The molecule has 0 spiro atoms. The summed E-state index contributed by atoms with van der Waals surface area (Å²) in [6, 6.07) is 54.2. The number of para-hydroxylation sites is 3. The fraction of sp³-hybridized carbons (Fsp3) is 0.0976. The van der Waals surface area contributed by atoms with Crippen LogP contribution in [0.25, 0.3) is 38.6 Å². The molecule has 0 amide bonds. The first kappa shape index (κ1) is 28.3. The van der Waals surface area contributed by atoms with Crippen LogP contribution in [0.1, 0.15) is 25.1 Å². The van der Waals surface area contributed by atoms with E-state index in [0.29, 0.717) is 0 Å². The lowest BCUT2D eigenvalue weighted by Gasteiger charge is -2.26. The van der Waals surface area contributed by atoms with Crippen LogP contribution < -0.4 is 10.2 Å². The third kappa shape index (κ3) is 5.52. The zero-order valence-corrected chi connectivity index (χ0v) is 25.6. The average Bonchev–Trinajstić information content (AvgIpc) is 3.45. The molecule has 7 aromatic rings. The van der Waals surface area contributed by atoms with Crippen molar-refractivity contribution in [3.05, 3.63) is 157 Å². The number of benzene rings is 6. The number of aromatic nitrogens is 1. The molecular weight excluding hydrogens is 548 g/mol. The summed E-state index contributed by atoms with van der Waals surface area (Å²) in [5.74, 6) is 0. The molecule has 0 aliphatic heterocycles. The van der Waals surface area contributed by atoms with Gasteiger partial charge in [-0.05, 0) is 90.8 Å². The Morgan fingerprint density at radius 2 is 1.09 bits per heavy atom. The second-order valence-electron chi connectivity index (χ2n) is 11.2. The van der Waals surface area contributed by atoms with Crippen molar-refractivity contribution < 1.29 is 0 Å². The number of nitrogens with one attached hydrogen (secondary N) is 1. The van der Waals surface area contributed by atoms with Gasteiger partial charge in [-0.25, -0.2) is 0 Å². The second kappa shape index (κ2) is 12.7. The van der Waals surface area contributed by atoms with Gasteiger partial charge in [0.15, 0.2) is 0 Å². The van der Waals surface area contributed by atoms with Crippen LogP contribution in [0, 0.1) is 0 Å². The zero-order valence-electron chi connectivity index (χ0n) is 25.6. The molecule has 6 aromatic carbocycles. The van der Waals surface area contributed by atoms with Gasteiger partial charge in [-0.3, -0.25) is 10.3 Å². The molecule has 0 aliphatic carbocycles. The summed E-state index contributed by atoms with van der Waals surface area (Å²) in [6.07, 6.45) is 2.83. The van der Waals surface area contributed by atoms with E-state index in [-0.39, 0.29) is 6.17 Å². The van der Waals surface area contributed by atoms with E-state index in [1.165, 1.54) is 32.9 Å². The van der Waals surface area contributed by atoms with Gasteiger partial charge in [-0.1, -0.05) is 97.9 Å². The number of rotatable bonds is 9. The minimum absolute atomic E-state index is 0.0511. The molecule has 1 aromatic heterocycles. The van der Waals surface area contributed by atoms with Crippen molar-refractivity contribution in [2.75, 3.05) is 11.9 Å². The second-order valence-corrected chi connectivity index (χ2v) is 11.2. The van der Waals surface area contributed by atoms with Gasteiger partial charge in [0, 0.05) is 39.7 Å². The lowest BCUT2D eigenvalue weighted by molar-refractivity contribution is 0.626. The van der Waals surface area contributed by atoms with Crippen LogP contribution in [-0.4, -0.2) is 17.8 Å². The zero-order chi connectivity index (χ0) is 30.6. The van der Waals surface area contributed by atoms with Crippen molar-refractivity contribution in [3.8, 4) is 16.8 Å². The molecule has 1 N–H and O–H groups in total. The third-order valence-corrected chi connectivity index (χ3v) is 8.36. The van der Waals surface area contributed by atoms with Crippen LogP contribution in [0.3, 0.4) is 0 Å². The number of nitrogens with zero attached hydrogens (tertiary/aromatic N) is 3. The van der Waals surface area contributed by atoms with Crippen LogP contribution in [0.15, 0.2) is 157 Å². The summed E-state index contributed by atoms with van der Waals surface area (Å²) in [5, 5.41) is 5.85. The van der Waals surface area contributed by atoms with E-state index in [2.05, 4.69) is 178 Å². The molecular formula is C41H36N4. The summed E-state index contributed by atoms with van der Waals surface area (Å²) < 4.78 is 2.36. The number of hydrogen-bond donors (Lipinski definition) is 1. The fourth-order valence-electron chi connectivity index (χ4n) is 6.17. The van der Waals surface area contributed by atoms with Gasteiger partial charge in [0.25, 0.3) is 0 Å². The topological polar surface area (TPSA) is 32.6 Å². The van der Waals surface area contributed by atoms with Crippen LogP contribution in [0.5, 0.6) is 0 Å². The monoisotopic (exact) mass is 584 g/mol. The molecule has 0 fully saturated rings. The minimum atomic E-state index is -0.0511. The number of aliphatic imine (C=N–C) groups is 1. The Morgan fingerprint density at radius 3 is 1.64 bits per heavy atom. The summed E-state index contributed by atoms with van der Waals surface area (Å²) >= 11 is 0. The molecule has 0 aliphatic rings. The van der Waals surface area contributed by atoms with E-state index in [0.717, 1.165) is 34.7 Å². The first-order valence-corrected chi connectivity index (χ1v) is 15.6. The standard InChI is InChI=1S/C41H36N4/c1-3-29-43-41(42-2)32-21-27-35(28-22-32)44(33-11-5-4-6-12-33)34-23-17-30(18-24-34)31-19-25-36(26-20-31)45-39-15-9-7-13-37(39)38-14-8-10-16-40(38)45/h4-29,41-42H,3H2,1-2H3/b43-29-. The molecule has 7 rings (SSSR count). The molecule has 4 nitrogen and oxygen atoms in total. The summed E-state index contributed by atoms with van der Waals surface area (Å²) in [6.45, 7) is 2.10. The molecule has 0 radical (unpaired) electrons. The van der Waals surface area contributed by atoms with Gasteiger partial charge in [0.2, 0.25) is 0 Å². The molecule has 45 heavy (non-hydrogen) atoms. The number of fused-ring (bicyclic) bond motifs is 3. The largest absolute Gasteiger partial charge is 0.311 e. The normalized spacial score (nSPS) is 12.2. The SMILES string of the molecule is CC/C=N\C(NC)c1ccc(N(c2ccccc2)c2ccc(-c3ccc(-n4c5ccccc5c5ccccc54)cc3)cc2)cc1. The van der Waals surface area contributed by atoms with E-state index in [1.54, 1.807) is 0 Å². The summed E-state index contributed by atoms with van der Waals surface area (Å²) in [7, 11) is 1.95. The highest BCUT2D eigenvalue weighted by molar-refractivity contribution is 6.09. The lowest BCUT2D eigenvalue weighted by Crippen LogP contribution is -2.15. The molecule has 0 bridgehead atoms. The Labute approximate surface area is 264 Å². The Kier molecular flexibility index (Phi) is 7.96. The van der Waals surface area contributed by atoms with Crippen LogP contribution in [0.4, 0.5) is 17.1 Å². The third-order valence-electron chi connectivity index (χ3n) is 8.36. The highest BCUT2D eigenvalue weighted by Gasteiger charge is 2.15. The van der Waals surface area contributed by atoms with E-state index in [9.17, 15) is 0 Å². The smallest absolute Gasteiger partial charge is 0.124 e. The highest BCUT2D eigenvalue weighted by Crippen LogP contribution is 2.37. The lowest BCUT2D eigenvalue weighted by atomic mass is 10.0. The van der Waals surface area contributed by atoms with Gasteiger partial charge in [-0.15, -0.1) is 0 Å². The van der Waals surface area contributed by atoms with Gasteiger partial charge < -0.3 is 9.47 Å². The summed E-state index contributed by atoms with van der Waals surface area (Å²) in [5.41, 5.74) is 10.4. The minimum Gasteiger partial charge on any atom is -0.311 e. The molecule has 1 heterocycles. The van der Waals surface area contributed by atoms with Gasteiger partial charge in [0.1, 0.15) is 6.17 Å². The van der Waals surface area contributed by atoms with Crippen LogP contribution in [-0.2, 0) is 0 Å². The Balaban J connectivity index is 1.20. The van der Waals surface area contributed by atoms with Crippen LogP contribution in [0.2, 0.25) is 0 Å². The van der Waals surface area contributed by atoms with Crippen LogP contribution >= 0.6 is 0 Å². The fourth-order valence-corrected chi connectivity index (χ4v) is 6.17. The van der Waals surface area contributed by atoms with E-state index < -0.39 is 0 Å². The first-order chi connectivity index (χ1) is 22.2. The van der Waals surface area contributed by atoms with Gasteiger partial charge in [0.05, 0.1) is 11.0 Å². The molecule has 1 unspecified atom stereocenters. The molecule has 220 valence electrons. The maximum Gasteiger partial charge on any atom is 0.124 e. The van der Waals surface area contributed by atoms with E-state index >= 15 is 0 Å². The molecule has 0 saturated heterocycles. The van der Waals surface area contributed by atoms with Crippen molar-refractivity contribution in [2.24, 2.45) is 4.99 Å². The predicted octanol–water partition coefficient (Wildman–Crippen LogP) is 10.6. The van der Waals surface area contributed by atoms with Crippen molar-refractivity contribution in [2.45, 2.75) is 19.5 Å².